The molecule has 0 aromatic heterocycles. The van der Waals surface area contributed by atoms with E-state index >= 15 is 0 Å². The zero-order valence-corrected chi connectivity index (χ0v) is 12.3. The Bertz CT molecular complexity index is 713. The van der Waals surface area contributed by atoms with Gasteiger partial charge in [0, 0.05) is 21.3 Å². The Kier molecular flexibility index (Phi) is 4.99. The quantitative estimate of drug-likeness (QED) is 0.667. The number of carbonyl (C=O) groups excluding carboxylic acids is 1. The summed E-state index contributed by atoms with van der Waals surface area (Å²) in [5.74, 6) is -0.514. The highest BCUT2D eigenvalue weighted by molar-refractivity contribution is 6.37. The Hall–Kier alpha value is -2.28. The van der Waals surface area contributed by atoms with Gasteiger partial charge in [0.2, 0.25) is 0 Å². The third-order valence-corrected chi connectivity index (χ3v) is 3.34. The summed E-state index contributed by atoms with van der Waals surface area (Å²) in [6.45, 7) is 0. The molecule has 0 bridgehead atoms. The summed E-state index contributed by atoms with van der Waals surface area (Å²) in [7, 11) is 0. The van der Waals surface area contributed by atoms with Crippen LogP contribution in [0.5, 0.6) is 0 Å². The monoisotopic (exact) mass is 316 g/mol. The van der Waals surface area contributed by atoms with Crippen molar-refractivity contribution < 1.29 is 4.79 Å². The number of rotatable bonds is 3. The second-order valence-corrected chi connectivity index (χ2v) is 4.94. The highest BCUT2D eigenvalue weighted by Crippen LogP contribution is 2.26. The minimum Gasteiger partial charge on any atom is -0.321 e. The maximum atomic E-state index is 12.1. The molecular formula is C16H10Cl2N2O. The van der Waals surface area contributed by atoms with E-state index in [0.29, 0.717) is 21.3 Å². The van der Waals surface area contributed by atoms with Gasteiger partial charge in [-0.1, -0.05) is 47.5 Å². The average Bonchev–Trinajstić information content (AvgIpc) is 2.48. The van der Waals surface area contributed by atoms with Crippen molar-refractivity contribution in [2.45, 2.75) is 0 Å². The number of nitrogens with zero attached hydrogens (tertiary/aromatic N) is 1. The summed E-state index contributed by atoms with van der Waals surface area (Å²) < 4.78 is 0. The van der Waals surface area contributed by atoms with Crippen LogP contribution in [0.4, 0.5) is 5.69 Å². The van der Waals surface area contributed by atoms with E-state index in [1.165, 1.54) is 6.08 Å². The third kappa shape index (κ3) is 3.85. The van der Waals surface area contributed by atoms with Crippen molar-refractivity contribution in [3.8, 4) is 6.07 Å². The number of hydrogen-bond donors (Lipinski definition) is 1. The predicted molar refractivity (Wildman–Crippen MR) is 85.1 cm³/mol. The van der Waals surface area contributed by atoms with Crippen LogP contribution in [0.25, 0.3) is 6.08 Å². The molecule has 3 nitrogen and oxygen atoms in total. The number of benzene rings is 2. The van der Waals surface area contributed by atoms with Crippen LogP contribution in [0, 0.1) is 11.3 Å². The van der Waals surface area contributed by atoms with Gasteiger partial charge in [0.15, 0.2) is 0 Å². The molecule has 2 aromatic rings. The molecule has 0 unspecified atom stereocenters. The van der Waals surface area contributed by atoms with Crippen LogP contribution in [0.3, 0.4) is 0 Å². The van der Waals surface area contributed by atoms with E-state index in [9.17, 15) is 4.79 Å². The molecule has 0 saturated carbocycles. The van der Waals surface area contributed by atoms with Crippen molar-refractivity contribution >= 4 is 40.9 Å². The van der Waals surface area contributed by atoms with Crippen molar-refractivity contribution in [2.24, 2.45) is 0 Å². The first kappa shape index (κ1) is 15.1. The highest BCUT2D eigenvalue weighted by Gasteiger charge is 2.12. The van der Waals surface area contributed by atoms with Crippen LogP contribution in [0.1, 0.15) is 5.56 Å². The average molecular weight is 317 g/mol. The van der Waals surface area contributed by atoms with Crippen LogP contribution < -0.4 is 5.32 Å². The standard InChI is InChI=1S/C16H10Cl2N2O/c17-14-7-4-8-15(18)13(14)9-11(10-19)16(21)20-12-5-2-1-3-6-12/h1-9H,(H,20,21)/b11-9+. The van der Waals surface area contributed by atoms with Gasteiger partial charge in [-0.3, -0.25) is 4.79 Å². The maximum absolute atomic E-state index is 12.1. The van der Waals surface area contributed by atoms with E-state index in [0.717, 1.165) is 0 Å². The lowest BCUT2D eigenvalue weighted by atomic mass is 10.1. The minimum atomic E-state index is -0.514. The Morgan fingerprint density at radius 2 is 1.67 bits per heavy atom. The molecule has 0 atom stereocenters. The van der Waals surface area contributed by atoms with Gasteiger partial charge in [0.1, 0.15) is 11.6 Å². The van der Waals surface area contributed by atoms with Crippen molar-refractivity contribution in [3.63, 3.8) is 0 Å². The summed E-state index contributed by atoms with van der Waals surface area (Å²) in [6, 6.07) is 15.7. The third-order valence-electron chi connectivity index (χ3n) is 2.69. The summed E-state index contributed by atoms with van der Waals surface area (Å²) >= 11 is 12.1. The van der Waals surface area contributed by atoms with Crippen LogP contribution in [-0.2, 0) is 4.79 Å². The number of carbonyl (C=O) groups is 1. The number of anilines is 1. The molecule has 5 heteroatoms. The van der Waals surface area contributed by atoms with Crippen LogP contribution >= 0.6 is 23.2 Å². The molecule has 21 heavy (non-hydrogen) atoms. The summed E-state index contributed by atoms with van der Waals surface area (Å²) in [5.41, 5.74) is 0.975. The molecule has 2 aromatic carbocycles. The number of nitriles is 1. The summed E-state index contributed by atoms with van der Waals surface area (Å²) in [6.07, 6.45) is 1.38. The Balaban J connectivity index is 2.30. The molecule has 1 amide bonds. The van der Waals surface area contributed by atoms with Crippen LogP contribution in [0.2, 0.25) is 10.0 Å². The zero-order chi connectivity index (χ0) is 15.2. The maximum Gasteiger partial charge on any atom is 0.266 e. The minimum absolute atomic E-state index is 0.0751. The normalized spacial score (nSPS) is 10.8. The smallest absolute Gasteiger partial charge is 0.266 e. The second-order valence-electron chi connectivity index (χ2n) is 4.13. The molecule has 0 radical (unpaired) electrons. The zero-order valence-electron chi connectivity index (χ0n) is 10.8. The Morgan fingerprint density at radius 3 is 2.24 bits per heavy atom. The number of nitrogens with one attached hydrogen (secondary N) is 1. The Morgan fingerprint density at radius 1 is 1.05 bits per heavy atom. The molecule has 0 aliphatic heterocycles. The van der Waals surface area contributed by atoms with Gasteiger partial charge in [-0.2, -0.15) is 5.26 Å². The molecule has 1 N–H and O–H groups in total. The molecule has 0 fully saturated rings. The second kappa shape index (κ2) is 6.94. The topological polar surface area (TPSA) is 52.9 Å². The van der Waals surface area contributed by atoms with E-state index in [4.69, 9.17) is 28.5 Å². The van der Waals surface area contributed by atoms with E-state index in [1.54, 1.807) is 42.5 Å². The van der Waals surface area contributed by atoms with Gasteiger partial charge in [-0.25, -0.2) is 0 Å². The lowest BCUT2D eigenvalue weighted by Gasteiger charge is -2.05. The van der Waals surface area contributed by atoms with Crippen molar-refractivity contribution in [2.75, 3.05) is 5.32 Å². The van der Waals surface area contributed by atoms with E-state index in [1.807, 2.05) is 12.1 Å². The molecule has 0 heterocycles. The molecule has 0 saturated heterocycles. The first-order valence-corrected chi connectivity index (χ1v) is 6.79. The molecule has 0 aliphatic rings. The number of halogens is 2. The fraction of sp³-hybridized carbons (Fsp3) is 0. The molecule has 104 valence electrons. The first-order valence-electron chi connectivity index (χ1n) is 6.04. The van der Waals surface area contributed by atoms with Gasteiger partial charge < -0.3 is 5.32 Å². The predicted octanol–water partition coefficient (Wildman–Crippen LogP) is 4.54. The van der Waals surface area contributed by atoms with Crippen molar-refractivity contribution in [3.05, 3.63) is 69.7 Å². The van der Waals surface area contributed by atoms with Crippen molar-refractivity contribution in [1.29, 1.82) is 5.26 Å². The lowest BCUT2D eigenvalue weighted by Crippen LogP contribution is -2.13. The van der Waals surface area contributed by atoms with E-state index < -0.39 is 5.91 Å². The Labute approximate surface area is 132 Å². The lowest BCUT2D eigenvalue weighted by molar-refractivity contribution is -0.112. The largest absolute Gasteiger partial charge is 0.321 e. The van der Waals surface area contributed by atoms with Crippen LogP contribution in [-0.4, -0.2) is 5.91 Å². The van der Waals surface area contributed by atoms with Gasteiger partial charge >= 0.3 is 0 Å². The fourth-order valence-electron chi connectivity index (χ4n) is 1.66. The SMILES string of the molecule is N#C/C(=C\c1c(Cl)cccc1Cl)C(=O)Nc1ccccc1. The van der Waals surface area contributed by atoms with Gasteiger partial charge in [-0.15, -0.1) is 0 Å². The number of amides is 1. The number of para-hydroxylation sites is 1. The van der Waals surface area contributed by atoms with Crippen LogP contribution in [0.15, 0.2) is 54.1 Å². The van der Waals surface area contributed by atoms with E-state index in [2.05, 4.69) is 5.32 Å². The van der Waals surface area contributed by atoms with E-state index in [-0.39, 0.29) is 5.57 Å². The van der Waals surface area contributed by atoms with Gasteiger partial charge in [-0.05, 0) is 30.3 Å². The first-order chi connectivity index (χ1) is 10.1. The fourth-order valence-corrected chi connectivity index (χ4v) is 2.17. The van der Waals surface area contributed by atoms with Gasteiger partial charge in [0.05, 0.1) is 0 Å². The molecule has 0 spiro atoms. The summed E-state index contributed by atoms with van der Waals surface area (Å²) in [4.78, 5) is 12.1. The molecule has 2 rings (SSSR count). The van der Waals surface area contributed by atoms with Gasteiger partial charge in [0.25, 0.3) is 5.91 Å². The number of hydrogen-bond acceptors (Lipinski definition) is 2. The molecule has 0 aliphatic carbocycles. The summed E-state index contributed by atoms with van der Waals surface area (Å²) in [5, 5.41) is 12.5. The van der Waals surface area contributed by atoms with Crippen molar-refractivity contribution in [1.82, 2.24) is 0 Å². The molecular weight excluding hydrogens is 307 g/mol. The highest BCUT2D eigenvalue weighted by atomic mass is 35.5.